The van der Waals surface area contributed by atoms with E-state index in [2.05, 4.69) is 16.4 Å². The molecule has 2 heterocycles. The quantitative estimate of drug-likeness (QED) is 0.831. The summed E-state index contributed by atoms with van der Waals surface area (Å²) < 4.78 is 13.0. The molecule has 0 amide bonds. The lowest BCUT2D eigenvalue weighted by Gasteiger charge is -2.18. The highest BCUT2D eigenvalue weighted by Crippen LogP contribution is 2.27. The van der Waals surface area contributed by atoms with Crippen molar-refractivity contribution in [1.29, 1.82) is 0 Å². The predicted octanol–water partition coefficient (Wildman–Crippen LogP) is 2.85. The SMILES string of the molecule is Fc1ccc([C@H]2NCCCc3ncccc32)cc1. The van der Waals surface area contributed by atoms with E-state index in [9.17, 15) is 4.39 Å². The molecule has 1 aromatic heterocycles. The number of hydrogen-bond acceptors (Lipinski definition) is 2. The number of benzene rings is 1. The summed E-state index contributed by atoms with van der Waals surface area (Å²) in [6.45, 7) is 0.957. The van der Waals surface area contributed by atoms with Gasteiger partial charge in [-0.2, -0.15) is 0 Å². The summed E-state index contributed by atoms with van der Waals surface area (Å²) in [5.74, 6) is -0.196. The standard InChI is InChI=1S/C15H15FN2/c16-12-7-5-11(6-8-12)15-13-3-1-9-17-14(13)4-2-10-18-15/h1,3,5-9,15,18H,2,4,10H2/t15-/m1/s1. The topological polar surface area (TPSA) is 24.9 Å². The van der Waals surface area contributed by atoms with Gasteiger partial charge >= 0.3 is 0 Å². The van der Waals surface area contributed by atoms with Crippen LogP contribution in [0.15, 0.2) is 42.6 Å². The highest BCUT2D eigenvalue weighted by molar-refractivity contribution is 5.35. The molecular weight excluding hydrogens is 227 g/mol. The van der Waals surface area contributed by atoms with Gasteiger partial charge in [-0.3, -0.25) is 4.98 Å². The van der Waals surface area contributed by atoms with Crippen molar-refractivity contribution < 1.29 is 4.39 Å². The van der Waals surface area contributed by atoms with Crippen LogP contribution >= 0.6 is 0 Å². The van der Waals surface area contributed by atoms with Crippen molar-refractivity contribution in [1.82, 2.24) is 10.3 Å². The Kier molecular flexibility index (Phi) is 3.07. The minimum atomic E-state index is -0.196. The Labute approximate surface area is 106 Å². The third kappa shape index (κ3) is 2.14. The molecule has 0 unspecified atom stereocenters. The van der Waals surface area contributed by atoms with Gasteiger partial charge in [0.1, 0.15) is 5.82 Å². The lowest BCUT2D eigenvalue weighted by molar-refractivity contribution is 0.602. The average molecular weight is 242 g/mol. The lowest BCUT2D eigenvalue weighted by Crippen LogP contribution is -2.22. The van der Waals surface area contributed by atoms with Crippen LogP contribution in [0.1, 0.15) is 29.3 Å². The van der Waals surface area contributed by atoms with E-state index >= 15 is 0 Å². The van der Waals surface area contributed by atoms with Crippen LogP contribution in [-0.4, -0.2) is 11.5 Å². The smallest absolute Gasteiger partial charge is 0.123 e. The number of halogens is 1. The van der Waals surface area contributed by atoms with Crippen molar-refractivity contribution in [3.8, 4) is 0 Å². The summed E-state index contributed by atoms with van der Waals surface area (Å²) in [4.78, 5) is 4.46. The largest absolute Gasteiger partial charge is 0.306 e. The van der Waals surface area contributed by atoms with Gasteiger partial charge in [0.25, 0.3) is 0 Å². The molecule has 2 aromatic rings. The van der Waals surface area contributed by atoms with Gasteiger partial charge in [0.05, 0.1) is 6.04 Å². The van der Waals surface area contributed by atoms with Crippen LogP contribution in [0.4, 0.5) is 4.39 Å². The summed E-state index contributed by atoms with van der Waals surface area (Å²) in [6.07, 6.45) is 3.93. The van der Waals surface area contributed by atoms with Crippen LogP contribution in [0.5, 0.6) is 0 Å². The number of rotatable bonds is 1. The molecule has 0 bridgehead atoms. The van der Waals surface area contributed by atoms with E-state index in [0.29, 0.717) is 0 Å². The van der Waals surface area contributed by atoms with E-state index in [0.717, 1.165) is 30.6 Å². The molecule has 18 heavy (non-hydrogen) atoms. The Hall–Kier alpha value is -1.74. The molecule has 1 aliphatic heterocycles. The molecule has 0 saturated heterocycles. The third-order valence-corrected chi connectivity index (χ3v) is 3.38. The van der Waals surface area contributed by atoms with Gasteiger partial charge in [0, 0.05) is 11.9 Å². The van der Waals surface area contributed by atoms with Crippen molar-refractivity contribution in [2.24, 2.45) is 0 Å². The Bertz CT molecular complexity index is 536. The van der Waals surface area contributed by atoms with E-state index in [1.54, 1.807) is 0 Å². The molecule has 0 aliphatic carbocycles. The number of aromatic nitrogens is 1. The Morgan fingerprint density at radius 1 is 1.17 bits per heavy atom. The van der Waals surface area contributed by atoms with Gasteiger partial charge in [0.15, 0.2) is 0 Å². The predicted molar refractivity (Wildman–Crippen MR) is 68.8 cm³/mol. The molecular formula is C15H15FN2. The van der Waals surface area contributed by atoms with Gasteiger partial charge in [-0.05, 0) is 48.7 Å². The number of aryl methyl sites for hydroxylation is 1. The van der Waals surface area contributed by atoms with Crippen LogP contribution < -0.4 is 5.32 Å². The van der Waals surface area contributed by atoms with Crippen molar-refractivity contribution in [3.63, 3.8) is 0 Å². The molecule has 1 aromatic carbocycles. The van der Waals surface area contributed by atoms with Crippen molar-refractivity contribution >= 4 is 0 Å². The molecule has 3 rings (SSSR count). The zero-order valence-corrected chi connectivity index (χ0v) is 10.1. The molecule has 0 spiro atoms. The molecule has 2 nitrogen and oxygen atoms in total. The summed E-state index contributed by atoms with van der Waals surface area (Å²) in [7, 11) is 0. The zero-order chi connectivity index (χ0) is 12.4. The fourth-order valence-electron chi connectivity index (χ4n) is 2.49. The number of hydrogen-bond donors (Lipinski definition) is 1. The highest BCUT2D eigenvalue weighted by Gasteiger charge is 2.20. The highest BCUT2D eigenvalue weighted by atomic mass is 19.1. The number of fused-ring (bicyclic) bond motifs is 1. The second-order valence-electron chi connectivity index (χ2n) is 4.58. The minimum Gasteiger partial charge on any atom is -0.306 e. The minimum absolute atomic E-state index is 0.122. The molecule has 92 valence electrons. The van der Waals surface area contributed by atoms with E-state index < -0.39 is 0 Å². The molecule has 1 aliphatic rings. The first kappa shape index (κ1) is 11.4. The van der Waals surface area contributed by atoms with E-state index in [-0.39, 0.29) is 11.9 Å². The summed E-state index contributed by atoms with van der Waals surface area (Å²) in [5.41, 5.74) is 3.45. The molecule has 3 heteroatoms. The second-order valence-corrected chi connectivity index (χ2v) is 4.58. The summed E-state index contributed by atoms with van der Waals surface area (Å²) >= 11 is 0. The monoisotopic (exact) mass is 242 g/mol. The number of pyridine rings is 1. The van der Waals surface area contributed by atoms with Crippen LogP contribution in [0.25, 0.3) is 0 Å². The maximum Gasteiger partial charge on any atom is 0.123 e. The van der Waals surface area contributed by atoms with Crippen molar-refractivity contribution in [2.75, 3.05) is 6.54 Å². The maximum atomic E-state index is 13.0. The Morgan fingerprint density at radius 3 is 2.83 bits per heavy atom. The van der Waals surface area contributed by atoms with Crippen LogP contribution in [0.2, 0.25) is 0 Å². The number of nitrogens with one attached hydrogen (secondary N) is 1. The summed E-state index contributed by atoms with van der Waals surface area (Å²) in [6, 6.07) is 10.9. The van der Waals surface area contributed by atoms with Gasteiger partial charge in [0.2, 0.25) is 0 Å². The van der Waals surface area contributed by atoms with Gasteiger partial charge in [-0.1, -0.05) is 18.2 Å². The third-order valence-electron chi connectivity index (χ3n) is 3.38. The second kappa shape index (κ2) is 4.86. The molecule has 1 N–H and O–H groups in total. The molecule has 0 radical (unpaired) electrons. The first-order chi connectivity index (χ1) is 8.84. The van der Waals surface area contributed by atoms with E-state index in [1.165, 1.54) is 17.7 Å². The first-order valence-electron chi connectivity index (χ1n) is 6.27. The zero-order valence-electron chi connectivity index (χ0n) is 10.1. The van der Waals surface area contributed by atoms with Crippen LogP contribution in [-0.2, 0) is 6.42 Å². The van der Waals surface area contributed by atoms with Gasteiger partial charge < -0.3 is 5.32 Å². The summed E-state index contributed by atoms with van der Waals surface area (Å²) in [5, 5.41) is 3.51. The first-order valence-corrected chi connectivity index (χ1v) is 6.27. The number of nitrogens with zero attached hydrogens (tertiary/aromatic N) is 1. The van der Waals surface area contributed by atoms with Crippen LogP contribution in [0, 0.1) is 5.82 Å². The Balaban J connectivity index is 2.03. The van der Waals surface area contributed by atoms with Crippen LogP contribution in [0.3, 0.4) is 0 Å². The lowest BCUT2D eigenvalue weighted by atomic mass is 9.97. The molecule has 0 fully saturated rings. The van der Waals surface area contributed by atoms with Crippen molar-refractivity contribution in [2.45, 2.75) is 18.9 Å². The van der Waals surface area contributed by atoms with E-state index in [4.69, 9.17) is 0 Å². The maximum absolute atomic E-state index is 13.0. The van der Waals surface area contributed by atoms with Gasteiger partial charge in [-0.15, -0.1) is 0 Å². The van der Waals surface area contributed by atoms with Crippen molar-refractivity contribution in [3.05, 3.63) is 65.2 Å². The van der Waals surface area contributed by atoms with E-state index in [1.807, 2.05) is 24.4 Å². The average Bonchev–Trinajstić information content (AvgIpc) is 2.62. The van der Waals surface area contributed by atoms with Gasteiger partial charge in [-0.25, -0.2) is 4.39 Å². The Morgan fingerprint density at radius 2 is 2.00 bits per heavy atom. The fourth-order valence-corrected chi connectivity index (χ4v) is 2.49. The normalized spacial score (nSPS) is 19.1. The molecule has 0 saturated carbocycles. The molecule has 1 atom stereocenters. The fraction of sp³-hybridized carbons (Fsp3) is 0.267.